The number of hydrogen-bond acceptors (Lipinski definition) is 4. The molecule has 8 heteroatoms. The van der Waals surface area contributed by atoms with Crippen LogP contribution < -0.4 is 4.18 Å². The SMILES string of the molecule is C#CC.O=S(=O)(Oc1cc(-c2ccccc2)c2ccccc2n1)C(F)(F)F. The lowest BCUT2D eigenvalue weighted by molar-refractivity contribution is -0.0501. The van der Waals surface area contributed by atoms with Crippen LogP contribution in [0.4, 0.5) is 13.2 Å². The summed E-state index contributed by atoms with van der Waals surface area (Å²) >= 11 is 0. The molecule has 3 aromatic rings. The minimum atomic E-state index is -5.78. The smallest absolute Gasteiger partial charge is 0.355 e. The summed E-state index contributed by atoms with van der Waals surface area (Å²) in [6.45, 7) is 1.65. The van der Waals surface area contributed by atoms with Gasteiger partial charge >= 0.3 is 15.6 Å². The number of hydrogen-bond donors (Lipinski definition) is 0. The average Bonchev–Trinajstić information content (AvgIpc) is 2.61. The van der Waals surface area contributed by atoms with Crippen molar-refractivity contribution >= 4 is 21.0 Å². The molecule has 0 fully saturated rings. The zero-order chi connectivity index (χ0) is 20.1. The van der Waals surface area contributed by atoms with E-state index in [9.17, 15) is 21.6 Å². The third-order valence-corrected chi connectivity index (χ3v) is 4.21. The third-order valence-electron chi connectivity index (χ3n) is 3.26. The zero-order valence-electron chi connectivity index (χ0n) is 14.1. The van der Waals surface area contributed by atoms with Gasteiger partial charge in [0.25, 0.3) is 0 Å². The van der Waals surface area contributed by atoms with Crippen molar-refractivity contribution in [2.45, 2.75) is 12.4 Å². The van der Waals surface area contributed by atoms with Crippen molar-refractivity contribution in [3.8, 4) is 29.4 Å². The first-order valence-electron chi connectivity index (χ1n) is 7.53. The number of pyridine rings is 1. The van der Waals surface area contributed by atoms with Crippen molar-refractivity contribution in [3.05, 3.63) is 60.7 Å². The number of nitrogens with zero attached hydrogens (tertiary/aromatic N) is 1. The van der Waals surface area contributed by atoms with E-state index in [0.29, 0.717) is 22.0 Å². The largest absolute Gasteiger partial charge is 0.534 e. The van der Waals surface area contributed by atoms with Gasteiger partial charge in [0.2, 0.25) is 5.88 Å². The van der Waals surface area contributed by atoms with E-state index in [1.807, 2.05) is 0 Å². The predicted octanol–water partition coefficient (Wildman–Crippen LogP) is 4.77. The second-order valence-corrected chi connectivity index (χ2v) is 6.70. The molecule has 27 heavy (non-hydrogen) atoms. The molecule has 0 saturated heterocycles. The van der Waals surface area contributed by atoms with E-state index >= 15 is 0 Å². The van der Waals surface area contributed by atoms with E-state index in [0.717, 1.165) is 0 Å². The van der Waals surface area contributed by atoms with Crippen molar-refractivity contribution in [3.63, 3.8) is 0 Å². The summed E-state index contributed by atoms with van der Waals surface area (Å²) < 4.78 is 64.2. The Kier molecular flexibility index (Phi) is 6.08. The van der Waals surface area contributed by atoms with E-state index in [4.69, 9.17) is 0 Å². The molecule has 1 aromatic heterocycles. The maximum atomic E-state index is 12.5. The molecule has 0 amide bonds. The van der Waals surface area contributed by atoms with Crippen molar-refractivity contribution in [1.82, 2.24) is 4.98 Å². The molecule has 0 aliphatic heterocycles. The molecule has 0 unspecified atom stereocenters. The molecule has 1 heterocycles. The number of terminal acetylenes is 1. The summed E-state index contributed by atoms with van der Waals surface area (Å²) in [6.07, 6.45) is 4.60. The molecular formula is C19H14F3NO3S. The quantitative estimate of drug-likeness (QED) is 0.365. The van der Waals surface area contributed by atoms with Crippen LogP contribution in [0.1, 0.15) is 6.92 Å². The van der Waals surface area contributed by atoms with Gasteiger partial charge in [0.15, 0.2) is 0 Å². The van der Waals surface area contributed by atoms with Crippen LogP contribution >= 0.6 is 0 Å². The van der Waals surface area contributed by atoms with Gasteiger partial charge < -0.3 is 4.18 Å². The topological polar surface area (TPSA) is 56.3 Å². The maximum Gasteiger partial charge on any atom is 0.534 e. The fraction of sp³-hybridized carbons (Fsp3) is 0.105. The Labute approximate surface area is 154 Å². The average molecular weight is 393 g/mol. The van der Waals surface area contributed by atoms with Crippen LogP contribution in [-0.2, 0) is 10.1 Å². The highest BCUT2D eigenvalue weighted by atomic mass is 32.2. The molecular weight excluding hydrogens is 379 g/mol. The first kappa shape index (κ1) is 20.3. The molecule has 0 radical (unpaired) electrons. The van der Waals surface area contributed by atoms with E-state index in [1.54, 1.807) is 61.5 Å². The minimum Gasteiger partial charge on any atom is -0.355 e. The van der Waals surface area contributed by atoms with Gasteiger partial charge in [-0.05, 0) is 24.1 Å². The summed E-state index contributed by atoms with van der Waals surface area (Å²) in [4.78, 5) is 3.86. The number of para-hydroxylation sites is 1. The van der Waals surface area contributed by atoms with Gasteiger partial charge in [0, 0.05) is 11.5 Å². The first-order valence-corrected chi connectivity index (χ1v) is 8.93. The van der Waals surface area contributed by atoms with Crippen LogP contribution in [0.3, 0.4) is 0 Å². The van der Waals surface area contributed by atoms with Gasteiger partial charge in [0.1, 0.15) is 0 Å². The van der Waals surface area contributed by atoms with Crippen LogP contribution in [0.25, 0.3) is 22.0 Å². The lowest BCUT2D eigenvalue weighted by atomic mass is 10.0. The van der Waals surface area contributed by atoms with Gasteiger partial charge in [-0.25, -0.2) is 4.98 Å². The van der Waals surface area contributed by atoms with Crippen molar-refractivity contribution < 1.29 is 25.8 Å². The normalized spacial score (nSPS) is 11.2. The van der Waals surface area contributed by atoms with Crippen molar-refractivity contribution in [2.24, 2.45) is 0 Å². The Balaban J connectivity index is 0.000000817. The molecule has 140 valence electrons. The molecule has 0 bridgehead atoms. The summed E-state index contributed by atoms with van der Waals surface area (Å²) in [6, 6.07) is 16.7. The minimum absolute atomic E-state index is 0.325. The molecule has 4 nitrogen and oxygen atoms in total. The number of rotatable bonds is 3. The van der Waals surface area contributed by atoms with Gasteiger partial charge in [-0.15, -0.1) is 12.3 Å². The maximum absolute atomic E-state index is 12.5. The summed E-state index contributed by atoms with van der Waals surface area (Å²) in [5, 5.41) is 0.667. The zero-order valence-corrected chi connectivity index (χ0v) is 14.9. The molecule has 0 atom stereocenters. The molecule has 0 aliphatic rings. The molecule has 0 spiro atoms. The fourth-order valence-corrected chi connectivity index (χ4v) is 2.61. The second kappa shape index (κ2) is 8.10. The Bertz CT molecular complexity index is 1070. The van der Waals surface area contributed by atoms with Crippen molar-refractivity contribution in [1.29, 1.82) is 0 Å². The predicted molar refractivity (Wildman–Crippen MR) is 97.3 cm³/mol. The van der Waals surface area contributed by atoms with Crippen LogP contribution in [0.2, 0.25) is 0 Å². The van der Waals surface area contributed by atoms with Crippen LogP contribution in [0.15, 0.2) is 60.7 Å². The highest BCUT2D eigenvalue weighted by Gasteiger charge is 2.48. The van der Waals surface area contributed by atoms with Crippen molar-refractivity contribution in [2.75, 3.05) is 0 Å². The summed E-state index contributed by atoms with van der Waals surface area (Å²) in [5.74, 6) is 1.62. The summed E-state index contributed by atoms with van der Waals surface area (Å²) in [5.41, 5.74) is -3.97. The number of fused-ring (bicyclic) bond motifs is 1. The number of benzene rings is 2. The molecule has 0 aliphatic carbocycles. The van der Waals surface area contributed by atoms with Crippen LogP contribution in [0.5, 0.6) is 5.88 Å². The molecule has 2 aromatic carbocycles. The van der Waals surface area contributed by atoms with Gasteiger partial charge in [0.05, 0.1) is 5.52 Å². The molecule has 3 rings (SSSR count). The van der Waals surface area contributed by atoms with Crippen LogP contribution in [0, 0.1) is 12.3 Å². The molecule has 0 saturated carbocycles. The van der Waals surface area contributed by atoms with E-state index in [1.165, 1.54) is 6.07 Å². The summed E-state index contributed by atoms with van der Waals surface area (Å²) in [7, 11) is -5.78. The third kappa shape index (κ3) is 4.77. The first-order chi connectivity index (χ1) is 12.7. The van der Waals surface area contributed by atoms with E-state index < -0.39 is 21.5 Å². The Morgan fingerprint density at radius 1 is 1.04 bits per heavy atom. The Morgan fingerprint density at radius 2 is 1.59 bits per heavy atom. The fourth-order valence-electron chi connectivity index (χ4n) is 2.21. The lowest BCUT2D eigenvalue weighted by Crippen LogP contribution is -2.28. The monoisotopic (exact) mass is 393 g/mol. The highest BCUT2D eigenvalue weighted by molar-refractivity contribution is 7.87. The lowest BCUT2D eigenvalue weighted by Gasteiger charge is -2.12. The number of aromatic nitrogens is 1. The molecule has 0 N–H and O–H groups in total. The highest BCUT2D eigenvalue weighted by Crippen LogP contribution is 2.33. The number of alkyl halides is 3. The standard InChI is InChI=1S/C16H10F3NO3S.C3H4/c17-16(18,19)24(21,22)23-15-10-13(11-6-2-1-3-7-11)12-8-4-5-9-14(12)20-15;1-3-2/h1-10H;1H,2H3. The van der Waals surface area contributed by atoms with E-state index in [2.05, 4.69) is 21.5 Å². The van der Waals surface area contributed by atoms with Crippen LogP contribution in [-0.4, -0.2) is 18.9 Å². The Hall–Kier alpha value is -3.05. The van der Waals surface area contributed by atoms with Gasteiger partial charge in [-0.3, -0.25) is 0 Å². The van der Waals surface area contributed by atoms with Gasteiger partial charge in [-0.2, -0.15) is 21.6 Å². The van der Waals surface area contributed by atoms with Gasteiger partial charge in [-0.1, -0.05) is 48.5 Å². The number of halogens is 3. The second-order valence-electron chi connectivity index (χ2n) is 5.16. The van der Waals surface area contributed by atoms with E-state index in [-0.39, 0.29) is 0 Å². The Morgan fingerprint density at radius 3 is 2.19 bits per heavy atom.